The smallest absolute Gasteiger partial charge is 0.266 e. The van der Waals surface area contributed by atoms with Gasteiger partial charge in [0.15, 0.2) is 5.16 Å². The van der Waals surface area contributed by atoms with Gasteiger partial charge in [-0.05, 0) is 55.3 Å². The standard InChI is InChI=1S/C24H20BrN3O2S/c1-15-7-6-8-16(2)22(15)27-21(29)14-31-24-26-20-12-11-17(25)13-19(20)23(30)28(24)18-9-4-3-5-10-18/h3-13H,14H2,1-2H3,(H,27,29). The maximum Gasteiger partial charge on any atom is 0.266 e. The van der Waals surface area contributed by atoms with Crippen LogP contribution >= 0.6 is 27.7 Å². The van der Waals surface area contributed by atoms with E-state index in [0.717, 1.165) is 21.3 Å². The monoisotopic (exact) mass is 493 g/mol. The Bertz CT molecular complexity index is 1320. The van der Waals surface area contributed by atoms with Crippen LogP contribution in [0, 0.1) is 13.8 Å². The molecule has 0 radical (unpaired) electrons. The number of anilines is 1. The zero-order valence-corrected chi connectivity index (χ0v) is 19.5. The minimum atomic E-state index is -0.171. The lowest BCUT2D eigenvalue weighted by molar-refractivity contribution is -0.113. The molecule has 0 unspecified atom stereocenters. The molecule has 31 heavy (non-hydrogen) atoms. The van der Waals surface area contributed by atoms with Crippen LogP contribution in [-0.2, 0) is 4.79 Å². The summed E-state index contributed by atoms with van der Waals surface area (Å²) in [5.74, 6) is -0.0121. The molecule has 1 amide bonds. The number of carbonyl (C=O) groups is 1. The zero-order valence-electron chi connectivity index (χ0n) is 17.1. The van der Waals surface area contributed by atoms with E-state index in [0.29, 0.717) is 21.7 Å². The molecular weight excluding hydrogens is 474 g/mol. The Balaban J connectivity index is 1.69. The number of fused-ring (bicyclic) bond motifs is 1. The zero-order chi connectivity index (χ0) is 22.0. The summed E-state index contributed by atoms with van der Waals surface area (Å²) in [6, 6.07) is 20.7. The number of carbonyl (C=O) groups excluding carboxylic acids is 1. The maximum atomic E-state index is 13.3. The van der Waals surface area contributed by atoms with Gasteiger partial charge in [-0.1, -0.05) is 64.1 Å². The van der Waals surface area contributed by atoms with Gasteiger partial charge in [0, 0.05) is 10.2 Å². The number of para-hydroxylation sites is 2. The molecule has 4 aromatic rings. The number of rotatable bonds is 5. The third-order valence-corrected chi connectivity index (χ3v) is 6.32. The van der Waals surface area contributed by atoms with Crippen LogP contribution in [0.5, 0.6) is 0 Å². The quantitative estimate of drug-likeness (QED) is 0.294. The Morgan fingerprint density at radius 1 is 1.03 bits per heavy atom. The number of aryl methyl sites for hydroxylation is 2. The number of hydrogen-bond acceptors (Lipinski definition) is 4. The average molecular weight is 494 g/mol. The molecule has 1 aromatic heterocycles. The molecular formula is C24H20BrN3O2S. The van der Waals surface area contributed by atoms with E-state index in [9.17, 15) is 9.59 Å². The molecule has 0 bridgehead atoms. The summed E-state index contributed by atoms with van der Waals surface area (Å²) in [7, 11) is 0. The van der Waals surface area contributed by atoms with Gasteiger partial charge >= 0.3 is 0 Å². The molecule has 156 valence electrons. The number of nitrogens with zero attached hydrogens (tertiary/aromatic N) is 2. The predicted octanol–water partition coefficient (Wildman–Crippen LogP) is 5.50. The number of benzene rings is 3. The molecule has 3 aromatic carbocycles. The molecule has 0 aliphatic carbocycles. The minimum Gasteiger partial charge on any atom is -0.325 e. The van der Waals surface area contributed by atoms with Gasteiger partial charge in [-0.25, -0.2) is 4.98 Å². The summed E-state index contributed by atoms with van der Waals surface area (Å²) in [5, 5.41) is 3.98. The summed E-state index contributed by atoms with van der Waals surface area (Å²) in [6.45, 7) is 3.93. The fourth-order valence-electron chi connectivity index (χ4n) is 3.36. The van der Waals surface area contributed by atoms with Crippen molar-refractivity contribution in [3.05, 3.63) is 92.7 Å². The number of halogens is 1. The van der Waals surface area contributed by atoms with Gasteiger partial charge in [-0.2, -0.15) is 0 Å². The van der Waals surface area contributed by atoms with Crippen LogP contribution in [-0.4, -0.2) is 21.2 Å². The summed E-state index contributed by atoms with van der Waals surface area (Å²) in [4.78, 5) is 30.7. The Morgan fingerprint density at radius 3 is 2.45 bits per heavy atom. The van der Waals surface area contributed by atoms with Crippen molar-refractivity contribution in [2.45, 2.75) is 19.0 Å². The van der Waals surface area contributed by atoms with Crippen LogP contribution in [0.4, 0.5) is 5.69 Å². The highest BCUT2D eigenvalue weighted by Crippen LogP contribution is 2.24. The van der Waals surface area contributed by atoms with Gasteiger partial charge in [-0.3, -0.25) is 14.2 Å². The third-order valence-electron chi connectivity index (χ3n) is 4.89. The molecule has 0 aliphatic heterocycles. The predicted molar refractivity (Wildman–Crippen MR) is 130 cm³/mol. The topological polar surface area (TPSA) is 64.0 Å². The van der Waals surface area contributed by atoms with Crippen molar-refractivity contribution >= 4 is 50.2 Å². The molecule has 1 heterocycles. The van der Waals surface area contributed by atoms with Crippen LogP contribution < -0.4 is 10.9 Å². The molecule has 0 saturated carbocycles. The molecule has 0 atom stereocenters. The molecule has 1 N–H and O–H groups in total. The van der Waals surface area contributed by atoms with E-state index in [2.05, 4.69) is 21.2 Å². The Hall–Kier alpha value is -2.90. The first-order chi connectivity index (χ1) is 14.9. The van der Waals surface area contributed by atoms with Crippen molar-refractivity contribution in [3.8, 4) is 5.69 Å². The van der Waals surface area contributed by atoms with Crippen LogP contribution in [0.25, 0.3) is 16.6 Å². The second-order valence-corrected chi connectivity index (χ2v) is 8.99. The van der Waals surface area contributed by atoms with Crippen LogP contribution in [0.2, 0.25) is 0 Å². The SMILES string of the molecule is Cc1cccc(C)c1NC(=O)CSc1nc2ccc(Br)cc2c(=O)n1-c1ccccc1. The highest BCUT2D eigenvalue weighted by molar-refractivity contribution is 9.10. The van der Waals surface area contributed by atoms with E-state index in [1.807, 2.05) is 68.4 Å². The summed E-state index contributed by atoms with van der Waals surface area (Å²) < 4.78 is 2.37. The molecule has 0 fully saturated rings. The number of hydrogen-bond donors (Lipinski definition) is 1. The van der Waals surface area contributed by atoms with Crippen molar-refractivity contribution in [1.82, 2.24) is 9.55 Å². The van der Waals surface area contributed by atoms with E-state index >= 15 is 0 Å². The van der Waals surface area contributed by atoms with E-state index in [4.69, 9.17) is 4.98 Å². The first-order valence-corrected chi connectivity index (χ1v) is 11.5. The third kappa shape index (κ3) is 4.57. The lowest BCUT2D eigenvalue weighted by atomic mass is 10.1. The van der Waals surface area contributed by atoms with Crippen molar-refractivity contribution in [2.75, 3.05) is 11.1 Å². The summed E-state index contributed by atoms with van der Waals surface area (Å²) in [6.07, 6.45) is 0. The number of aromatic nitrogens is 2. The maximum absolute atomic E-state index is 13.3. The largest absolute Gasteiger partial charge is 0.325 e. The first kappa shape index (κ1) is 21.3. The number of amides is 1. The second-order valence-electron chi connectivity index (χ2n) is 7.14. The van der Waals surface area contributed by atoms with Crippen molar-refractivity contribution < 1.29 is 4.79 Å². The average Bonchev–Trinajstić information content (AvgIpc) is 2.76. The molecule has 0 spiro atoms. The van der Waals surface area contributed by atoms with E-state index in [1.165, 1.54) is 11.8 Å². The Morgan fingerprint density at radius 2 is 1.74 bits per heavy atom. The summed E-state index contributed by atoms with van der Waals surface area (Å²) in [5.41, 5.74) is 3.97. The van der Waals surface area contributed by atoms with Gasteiger partial charge < -0.3 is 5.32 Å². The van der Waals surface area contributed by atoms with Gasteiger partial charge in [0.2, 0.25) is 5.91 Å². The van der Waals surface area contributed by atoms with Crippen molar-refractivity contribution in [1.29, 1.82) is 0 Å². The fraction of sp³-hybridized carbons (Fsp3) is 0.125. The molecule has 5 nitrogen and oxygen atoms in total. The fourth-order valence-corrected chi connectivity index (χ4v) is 4.53. The van der Waals surface area contributed by atoms with Crippen LogP contribution in [0.1, 0.15) is 11.1 Å². The van der Waals surface area contributed by atoms with Gasteiger partial charge in [-0.15, -0.1) is 0 Å². The normalized spacial score (nSPS) is 10.9. The first-order valence-electron chi connectivity index (χ1n) is 9.70. The van der Waals surface area contributed by atoms with E-state index in [-0.39, 0.29) is 17.2 Å². The Labute approximate surface area is 192 Å². The van der Waals surface area contributed by atoms with Gasteiger partial charge in [0.05, 0.1) is 22.3 Å². The van der Waals surface area contributed by atoms with Crippen LogP contribution in [0.3, 0.4) is 0 Å². The summed E-state index contributed by atoms with van der Waals surface area (Å²) >= 11 is 4.67. The van der Waals surface area contributed by atoms with Crippen LogP contribution in [0.15, 0.2) is 81.2 Å². The molecule has 0 saturated heterocycles. The number of nitrogens with one attached hydrogen (secondary N) is 1. The molecule has 0 aliphatic rings. The van der Waals surface area contributed by atoms with Gasteiger partial charge in [0.1, 0.15) is 0 Å². The highest BCUT2D eigenvalue weighted by atomic mass is 79.9. The lowest BCUT2D eigenvalue weighted by Gasteiger charge is -2.14. The lowest BCUT2D eigenvalue weighted by Crippen LogP contribution is -2.23. The molecule has 7 heteroatoms. The van der Waals surface area contributed by atoms with E-state index < -0.39 is 0 Å². The molecule has 4 rings (SSSR count). The van der Waals surface area contributed by atoms with Crippen molar-refractivity contribution in [3.63, 3.8) is 0 Å². The second kappa shape index (κ2) is 9.08. The van der Waals surface area contributed by atoms with Gasteiger partial charge in [0.25, 0.3) is 5.56 Å². The van der Waals surface area contributed by atoms with Crippen molar-refractivity contribution in [2.24, 2.45) is 0 Å². The Kier molecular flexibility index (Phi) is 6.25. The highest BCUT2D eigenvalue weighted by Gasteiger charge is 2.16. The number of thioether (sulfide) groups is 1. The van der Waals surface area contributed by atoms with E-state index in [1.54, 1.807) is 16.7 Å². The minimum absolute atomic E-state index is 0.134.